The first-order chi connectivity index (χ1) is 15.7. The molecule has 0 bridgehead atoms. The molecule has 1 amide bonds. The lowest BCUT2D eigenvalue weighted by Gasteiger charge is -2.22. The van der Waals surface area contributed by atoms with Crippen molar-refractivity contribution in [3.63, 3.8) is 0 Å². The van der Waals surface area contributed by atoms with Crippen LogP contribution < -0.4 is 20.2 Å². The Morgan fingerprint density at radius 3 is 2.28 bits per heavy atom. The molecule has 6 rings (SSSR count). The highest BCUT2D eigenvalue weighted by Gasteiger charge is 2.31. The fourth-order valence-electron chi connectivity index (χ4n) is 4.22. The van der Waals surface area contributed by atoms with Gasteiger partial charge in [-0.25, -0.2) is 0 Å². The van der Waals surface area contributed by atoms with Crippen LogP contribution >= 0.6 is 11.3 Å². The number of amides is 1. The van der Waals surface area contributed by atoms with E-state index in [-0.39, 0.29) is 11.5 Å². The molecule has 32 heavy (non-hydrogen) atoms. The van der Waals surface area contributed by atoms with Crippen LogP contribution in [0, 0.1) is 0 Å². The molecule has 4 aromatic rings. The summed E-state index contributed by atoms with van der Waals surface area (Å²) >= 11 is 1.20. The van der Waals surface area contributed by atoms with Crippen LogP contribution in [0.25, 0.3) is 5.57 Å². The van der Waals surface area contributed by atoms with Crippen molar-refractivity contribution in [2.24, 2.45) is 10.2 Å². The molecular weight excluding hydrogens is 420 g/mol. The molecule has 7 heteroatoms. The standard InChI is InChI=1S/C25H16N4O2S/c30-23-19(17-13-7-8-14-18(17)26-23)22-24(31)29-21(16-11-5-2-6-12-16)20(27-28-25(29)32-22)15-9-3-1-4-10-15/h1-14,21H,(H,26,30)/b22-19-/t21-/m0/s1. The van der Waals surface area contributed by atoms with Crippen LogP contribution in [0.15, 0.2) is 99.9 Å². The lowest BCUT2D eigenvalue weighted by Crippen LogP contribution is -2.41. The van der Waals surface area contributed by atoms with Crippen molar-refractivity contribution >= 4 is 34.2 Å². The second-order valence-corrected chi connectivity index (χ2v) is 8.51. The molecule has 0 radical (unpaired) electrons. The highest BCUT2D eigenvalue weighted by Crippen LogP contribution is 2.29. The van der Waals surface area contributed by atoms with Gasteiger partial charge in [0.1, 0.15) is 10.6 Å². The highest BCUT2D eigenvalue weighted by atomic mass is 32.1. The number of carbonyl (C=O) groups is 1. The molecule has 0 spiro atoms. The summed E-state index contributed by atoms with van der Waals surface area (Å²) in [5.74, 6) is -0.275. The Kier molecular flexibility index (Phi) is 4.22. The van der Waals surface area contributed by atoms with Crippen LogP contribution in [0.1, 0.15) is 22.7 Å². The summed E-state index contributed by atoms with van der Waals surface area (Å²) in [5.41, 5.74) is 4.10. The third-order valence-electron chi connectivity index (χ3n) is 5.66. The summed E-state index contributed by atoms with van der Waals surface area (Å²) in [7, 11) is 0. The minimum atomic E-state index is -0.441. The molecule has 2 aliphatic heterocycles. The van der Waals surface area contributed by atoms with Crippen LogP contribution in [-0.2, 0) is 4.79 Å². The minimum absolute atomic E-state index is 0.243. The normalized spacial score (nSPS) is 18.3. The number of aromatic nitrogens is 1. The maximum absolute atomic E-state index is 13.8. The van der Waals surface area contributed by atoms with Gasteiger partial charge in [-0.15, -0.1) is 10.2 Å². The topological polar surface area (TPSA) is 75.8 Å². The SMILES string of the molecule is O=C1Nc2ccccc2/C1=c1/sc2n(c1=O)[C@@H](c1ccccc1)C(c1ccccc1)=NN=2. The van der Waals surface area contributed by atoms with E-state index in [1.807, 2.05) is 84.9 Å². The van der Waals surface area contributed by atoms with E-state index >= 15 is 0 Å². The van der Waals surface area contributed by atoms with E-state index < -0.39 is 6.04 Å². The maximum Gasteiger partial charge on any atom is 0.272 e. The first kappa shape index (κ1) is 18.7. The Hall–Kier alpha value is -4.10. The molecule has 0 saturated carbocycles. The highest BCUT2D eigenvalue weighted by molar-refractivity contribution is 7.07. The number of nitrogens with one attached hydrogen (secondary N) is 1. The number of nitrogens with zero attached hydrogens (tertiary/aromatic N) is 3. The van der Waals surface area contributed by atoms with E-state index in [0.29, 0.717) is 26.3 Å². The molecule has 154 valence electrons. The van der Waals surface area contributed by atoms with Gasteiger partial charge in [0.15, 0.2) is 0 Å². The van der Waals surface area contributed by atoms with Gasteiger partial charge in [-0.3, -0.25) is 14.2 Å². The lowest BCUT2D eigenvalue weighted by atomic mass is 9.96. The predicted molar refractivity (Wildman–Crippen MR) is 125 cm³/mol. The third kappa shape index (κ3) is 2.79. The zero-order valence-corrected chi connectivity index (χ0v) is 17.5. The van der Waals surface area contributed by atoms with Crippen LogP contribution in [0.2, 0.25) is 0 Å². The van der Waals surface area contributed by atoms with E-state index in [9.17, 15) is 9.59 Å². The minimum Gasteiger partial charge on any atom is -0.321 e. The molecule has 1 aromatic heterocycles. The van der Waals surface area contributed by atoms with E-state index in [2.05, 4.69) is 15.5 Å². The molecule has 3 heterocycles. The largest absolute Gasteiger partial charge is 0.321 e. The average molecular weight is 436 g/mol. The molecule has 0 aliphatic carbocycles. The average Bonchev–Trinajstić information content (AvgIpc) is 3.35. The molecule has 1 N–H and O–H groups in total. The summed E-state index contributed by atoms with van der Waals surface area (Å²) in [6, 6.07) is 26.5. The number of benzene rings is 3. The fraction of sp³-hybridized carbons (Fsp3) is 0.0400. The molecule has 0 saturated heterocycles. The quantitative estimate of drug-likeness (QED) is 0.525. The van der Waals surface area contributed by atoms with Gasteiger partial charge in [0.05, 0.1) is 11.3 Å². The smallest absolute Gasteiger partial charge is 0.272 e. The first-order valence-corrected chi connectivity index (χ1v) is 11.0. The fourth-order valence-corrected chi connectivity index (χ4v) is 5.26. The number of carbonyl (C=O) groups excluding carboxylic acids is 1. The Balaban J connectivity index is 1.65. The summed E-state index contributed by atoms with van der Waals surface area (Å²) in [5, 5.41) is 11.8. The zero-order valence-electron chi connectivity index (χ0n) is 16.7. The van der Waals surface area contributed by atoms with Crippen LogP contribution in [-0.4, -0.2) is 16.2 Å². The van der Waals surface area contributed by atoms with Gasteiger partial charge in [0.25, 0.3) is 11.5 Å². The van der Waals surface area contributed by atoms with Crippen molar-refractivity contribution in [3.8, 4) is 0 Å². The Morgan fingerprint density at radius 1 is 0.812 bits per heavy atom. The van der Waals surface area contributed by atoms with Gasteiger partial charge in [-0.05, 0) is 11.6 Å². The molecular formula is C25H16N4O2S. The van der Waals surface area contributed by atoms with Crippen molar-refractivity contribution in [3.05, 3.63) is 121 Å². The third-order valence-corrected chi connectivity index (χ3v) is 6.70. The zero-order chi connectivity index (χ0) is 21.7. The number of anilines is 1. The predicted octanol–water partition coefficient (Wildman–Crippen LogP) is 2.69. The van der Waals surface area contributed by atoms with Crippen LogP contribution in [0.5, 0.6) is 0 Å². The van der Waals surface area contributed by atoms with E-state index in [0.717, 1.165) is 16.7 Å². The number of hydrogen-bond donors (Lipinski definition) is 1. The number of thiazole rings is 1. The van der Waals surface area contributed by atoms with Crippen molar-refractivity contribution in [2.45, 2.75) is 6.04 Å². The van der Waals surface area contributed by atoms with Crippen molar-refractivity contribution in [2.75, 3.05) is 5.32 Å². The van der Waals surface area contributed by atoms with Crippen molar-refractivity contribution in [1.82, 2.24) is 4.57 Å². The van der Waals surface area contributed by atoms with Crippen molar-refractivity contribution < 1.29 is 4.79 Å². The Bertz CT molecular complexity index is 1580. The summed E-state index contributed by atoms with van der Waals surface area (Å²) in [6.07, 6.45) is 0. The van der Waals surface area contributed by atoms with Crippen molar-refractivity contribution in [1.29, 1.82) is 0 Å². The number of rotatable bonds is 2. The van der Waals surface area contributed by atoms with E-state index in [1.165, 1.54) is 11.3 Å². The monoisotopic (exact) mass is 436 g/mol. The summed E-state index contributed by atoms with van der Waals surface area (Å²) in [6.45, 7) is 0. The van der Waals surface area contributed by atoms with Crippen LogP contribution in [0.3, 0.4) is 0 Å². The summed E-state index contributed by atoms with van der Waals surface area (Å²) < 4.78 is 2.03. The second kappa shape index (κ2) is 7.25. The molecule has 1 atom stereocenters. The van der Waals surface area contributed by atoms with Gasteiger partial charge in [-0.1, -0.05) is 90.2 Å². The van der Waals surface area contributed by atoms with Gasteiger partial charge >= 0.3 is 0 Å². The van der Waals surface area contributed by atoms with Gasteiger partial charge in [-0.2, -0.15) is 0 Å². The second-order valence-electron chi connectivity index (χ2n) is 7.53. The molecule has 0 fully saturated rings. The van der Waals surface area contributed by atoms with E-state index in [1.54, 1.807) is 4.57 Å². The number of fused-ring (bicyclic) bond motifs is 2. The van der Waals surface area contributed by atoms with Gasteiger partial charge in [0, 0.05) is 16.8 Å². The maximum atomic E-state index is 13.8. The van der Waals surface area contributed by atoms with Gasteiger partial charge < -0.3 is 5.32 Å². The van der Waals surface area contributed by atoms with E-state index in [4.69, 9.17) is 0 Å². The summed E-state index contributed by atoms with van der Waals surface area (Å²) in [4.78, 5) is 27.0. The first-order valence-electron chi connectivity index (χ1n) is 10.1. The lowest BCUT2D eigenvalue weighted by molar-refractivity contribution is -0.110. The number of hydrogen-bond acceptors (Lipinski definition) is 5. The van der Waals surface area contributed by atoms with Gasteiger partial charge in [0.2, 0.25) is 4.80 Å². The molecule has 6 nitrogen and oxygen atoms in total. The number of para-hydroxylation sites is 1. The molecule has 0 unspecified atom stereocenters. The molecule has 3 aromatic carbocycles. The Labute approximate surface area is 186 Å². The Morgan fingerprint density at radius 2 is 1.50 bits per heavy atom. The molecule has 2 aliphatic rings. The van der Waals surface area contributed by atoms with Crippen LogP contribution in [0.4, 0.5) is 5.69 Å².